The molecule has 0 saturated carbocycles. The summed E-state index contributed by atoms with van der Waals surface area (Å²) >= 11 is 6.65. The molecule has 5 nitrogen and oxygen atoms in total. The van der Waals surface area contributed by atoms with Gasteiger partial charge in [-0.3, -0.25) is 9.69 Å². The minimum atomic E-state index is 0.00950. The average Bonchev–Trinajstić information content (AvgIpc) is 3.34. The number of halogens is 1. The number of thiazole rings is 1. The van der Waals surface area contributed by atoms with E-state index < -0.39 is 0 Å². The highest BCUT2D eigenvalue weighted by atomic mass is 79.9. The number of nitrogens with zero attached hydrogens (tertiary/aromatic N) is 3. The van der Waals surface area contributed by atoms with E-state index in [0.717, 1.165) is 58.5 Å². The van der Waals surface area contributed by atoms with Crippen molar-refractivity contribution in [2.75, 3.05) is 44.2 Å². The summed E-state index contributed by atoms with van der Waals surface area (Å²) < 4.78 is 2.26. The molecule has 3 heterocycles. The number of nitrogens with one attached hydrogen (secondary N) is 1. The summed E-state index contributed by atoms with van der Waals surface area (Å²) in [4.78, 5) is 22.5. The van der Waals surface area contributed by atoms with Crippen LogP contribution in [-0.4, -0.2) is 55.1 Å². The van der Waals surface area contributed by atoms with Gasteiger partial charge in [0.05, 0.1) is 18.9 Å². The monoisotopic (exact) mass is 478 g/mol. The van der Waals surface area contributed by atoms with Gasteiger partial charge in [-0.1, -0.05) is 24.3 Å². The van der Waals surface area contributed by atoms with Gasteiger partial charge in [-0.05, 0) is 52.2 Å². The van der Waals surface area contributed by atoms with E-state index >= 15 is 0 Å². The van der Waals surface area contributed by atoms with E-state index in [2.05, 4.69) is 56.2 Å². The molecule has 8 heteroatoms. The Bertz CT molecular complexity index is 962. The number of carbonyl (C=O) groups is 1. The van der Waals surface area contributed by atoms with Crippen molar-refractivity contribution in [1.29, 1.82) is 0 Å². The average molecular weight is 479 g/mol. The number of fused-ring (bicyclic) bond motifs is 1. The van der Waals surface area contributed by atoms with Gasteiger partial charge in [-0.25, -0.2) is 4.98 Å². The van der Waals surface area contributed by atoms with Gasteiger partial charge in [-0.15, -0.1) is 11.3 Å². The van der Waals surface area contributed by atoms with Crippen LogP contribution in [0.4, 0.5) is 5.13 Å². The topological polar surface area (TPSA) is 48.5 Å². The van der Waals surface area contributed by atoms with Crippen LogP contribution in [0.3, 0.4) is 0 Å². The number of aromatic nitrogens is 1. The molecule has 1 fully saturated rings. The van der Waals surface area contributed by atoms with Crippen LogP contribution in [-0.2, 0) is 6.42 Å². The van der Waals surface area contributed by atoms with Crippen LogP contribution in [0.1, 0.15) is 22.2 Å². The van der Waals surface area contributed by atoms with Gasteiger partial charge in [0.1, 0.15) is 0 Å². The molecule has 0 radical (unpaired) electrons. The van der Waals surface area contributed by atoms with E-state index in [-0.39, 0.29) is 5.91 Å². The van der Waals surface area contributed by atoms with Crippen molar-refractivity contribution in [3.05, 3.63) is 44.6 Å². The summed E-state index contributed by atoms with van der Waals surface area (Å²) in [7, 11) is 0. The van der Waals surface area contributed by atoms with E-state index in [1.807, 2.05) is 12.1 Å². The number of piperazine rings is 1. The van der Waals surface area contributed by atoms with Crippen LogP contribution >= 0.6 is 38.6 Å². The fraction of sp³-hybridized carbons (Fsp3) is 0.400. The SMILES string of the molecule is CCc1ccc2nc(N3CCN(CCNC(=O)c4ccc(Br)s4)CC3)sc2c1. The molecule has 1 aromatic carbocycles. The van der Waals surface area contributed by atoms with Gasteiger partial charge < -0.3 is 10.2 Å². The lowest BCUT2D eigenvalue weighted by Crippen LogP contribution is -2.48. The third kappa shape index (κ3) is 4.56. The Morgan fingerprint density at radius 1 is 1.18 bits per heavy atom. The molecule has 0 aliphatic carbocycles. The van der Waals surface area contributed by atoms with Crippen LogP contribution in [0.5, 0.6) is 0 Å². The maximum atomic E-state index is 12.1. The Kier molecular flexibility index (Phi) is 6.30. The zero-order chi connectivity index (χ0) is 19.5. The summed E-state index contributed by atoms with van der Waals surface area (Å²) in [5, 5.41) is 4.14. The van der Waals surface area contributed by atoms with E-state index in [4.69, 9.17) is 4.98 Å². The zero-order valence-corrected chi connectivity index (χ0v) is 19.0. The van der Waals surface area contributed by atoms with Crippen molar-refractivity contribution in [2.45, 2.75) is 13.3 Å². The smallest absolute Gasteiger partial charge is 0.261 e. The van der Waals surface area contributed by atoms with Crippen molar-refractivity contribution in [3.63, 3.8) is 0 Å². The van der Waals surface area contributed by atoms with Crippen LogP contribution in [0.25, 0.3) is 10.2 Å². The number of anilines is 1. The molecule has 148 valence electrons. The second-order valence-corrected chi connectivity index (χ2v) is 10.3. The third-order valence-electron chi connectivity index (χ3n) is 5.00. The Hall–Kier alpha value is -1.48. The lowest BCUT2D eigenvalue weighted by molar-refractivity contribution is 0.0952. The number of amides is 1. The van der Waals surface area contributed by atoms with Crippen LogP contribution in [0.15, 0.2) is 34.1 Å². The second kappa shape index (κ2) is 8.90. The summed E-state index contributed by atoms with van der Waals surface area (Å²) in [6, 6.07) is 10.3. The first-order chi connectivity index (χ1) is 13.6. The number of benzene rings is 1. The molecule has 0 atom stereocenters. The van der Waals surface area contributed by atoms with Gasteiger partial charge >= 0.3 is 0 Å². The lowest BCUT2D eigenvalue weighted by atomic mass is 10.2. The normalized spacial score (nSPS) is 15.3. The summed E-state index contributed by atoms with van der Waals surface area (Å²) in [6.07, 6.45) is 1.06. The number of hydrogen-bond donors (Lipinski definition) is 1. The first kappa shape index (κ1) is 19.8. The fourth-order valence-corrected chi connectivity index (χ4v) is 5.71. The quantitative estimate of drug-likeness (QED) is 0.575. The molecule has 1 aliphatic heterocycles. The van der Waals surface area contributed by atoms with E-state index in [0.29, 0.717) is 6.54 Å². The summed E-state index contributed by atoms with van der Waals surface area (Å²) in [6.45, 7) is 7.69. The highest BCUT2D eigenvalue weighted by Crippen LogP contribution is 2.30. The summed E-state index contributed by atoms with van der Waals surface area (Å²) in [5.41, 5.74) is 2.46. The molecule has 1 saturated heterocycles. The van der Waals surface area contributed by atoms with Crippen LogP contribution in [0.2, 0.25) is 0 Å². The predicted molar refractivity (Wildman–Crippen MR) is 122 cm³/mol. The molecule has 1 N–H and O–H groups in total. The van der Waals surface area contributed by atoms with Crippen LogP contribution in [0, 0.1) is 0 Å². The fourth-order valence-electron chi connectivity index (χ4n) is 3.33. The first-order valence-electron chi connectivity index (χ1n) is 9.52. The number of carbonyl (C=O) groups excluding carboxylic acids is 1. The Morgan fingerprint density at radius 3 is 2.71 bits per heavy atom. The standard InChI is InChI=1S/C20H23BrN4OS2/c1-2-14-3-4-15-17(13-14)28-20(23-15)25-11-9-24(10-12-25)8-7-22-19(26)16-5-6-18(21)27-16/h3-6,13H,2,7-12H2,1H3,(H,22,26). The molecule has 2 aromatic heterocycles. The minimum Gasteiger partial charge on any atom is -0.350 e. The molecule has 1 amide bonds. The Morgan fingerprint density at radius 2 is 2.00 bits per heavy atom. The van der Waals surface area contributed by atoms with Gasteiger partial charge in [0.25, 0.3) is 5.91 Å². The molecule has 4 rings (SSSR count). The van der Waals surface area contributed by atoms with Crippen molar-refractivity contribution < 1.29 is 4.79 Å². The first-order valence-corrected chi connectivity index (χ1v) is 12.0. The van der Waals surface area contributed by atoms with Crippen molar-refractivity contribution >= 4 is 59.9 Å². The number of thiophene rings is 1. The third-order valence-corrected chi connectivity index (χ3v) is 7.70. The highest BCUT2D eigenvalue weighted by molar-refractivity contribution is 9.11. The molecule has 3 aromatic rings. The van der Waals surface area contributed by atoms with E-state index in [1.54, 1.807) is 11.3 Å². The minimum absolute atomic E-state index is 0.00950. The molecule has 1 aliphatic rings. The van der Waals surface area contributed by atoms with Crippen LogP contribution < -0.4 is 10.2 Å². The molecular weight excluding hydrogens is 456 g/mol. The maximum absolute atomic E-state index is 12.1. The highest BCUT2D eigenvalue weighted by Gasteiger charge is 2.20. The molecule has 28 heavy (non-hydrogen) atoms. The lowest BCUT2D eigenvalue weighted by Gasteiger charge is -2.34. The number of rotatable bonds is 6. The molecular formula is C20H23BrN4OS2. The molecule has 0 spiro atoms. The second-order valence-electron chi connectivity index (χ2n) is 6.84. The van der Waals surface area contributed by atoms with Gasteiger partial charge in [0, 0.05) is 39.3 Å². The maximum Gasteiger partial charge on any atom is 0.261 e. The van der Waals surface area contributed by atoms with E-state index in [1.165, 1.54) is 21.6 Å². The van der Waals surface area contributed by atoms with Crippen molar-refractivity contribution in [2.24, 2.45) is 0 Å². The zero-order valence-electron chi connectivity index (χ0n) is 15.8. The van der Waals surface area contributed by atoms with E-state index in [9.17, 15) is 4.79 Å². The van der Waals surface area contributed by atoms with Crippen molar-refractivity contribution in [3.8, 4) is 0 Å². The van der Waals surface area contributed by atoms with Gasteiger partial charge in [-0.2, -0.15) is 0 Å². The number of aryl methyl sites for hydroxylation is 1. The summed E-state index contributed by atoms with van der Waals surface area (Å²) in [5.74, 6) is 0.00950. The largest absolute Gasteiger partial charge is 0.350 e. The molecule has 0 bridgehead atoms. The predicted octanol–water partition coefficient (Wildman–Crippen LogP) is 4.23. The number of hydrogen-bond acceptors (Lipinski definition) is 6. The van der Waals surface area contributed by atoms with Gasteiger partial charge in [0.15, 0.2) is 5.13 Å². The Balaban J connectivity index is 1.26. The van der Waals surface area contributed by atoms with Gasteiger partial charge in [0.2, 0.25) is 0 Å². The molecule has 0 unspecified atom stereocenters. The Labute approximate surface area is 181 Å². The van der Waals surface area contributed by atoms with Crippen molar-refractivity contribution in [1.82, 2.24) is 15.2 Å².